The molecule has 6 heteroatoms. The van der Waals surface area contributed by atoms with Crippen molar-refractivity contribution in [2.45, 2.75) is 18.2 Å². The Morgan fingerprint density at radius 2 is 1.87 bits per heavy atom. The molecule has 0 aliphatic carbocycles. The van der Waals surface area contributed by atoms with Crippen molar-refractivity contribution in [3.63, 3.8) is 0 Å². The minimum atomic E-state index is -3.75. The van der Waals surface area contributed by atoms with Crippen molar-refractivity contribution < 1.29 is 17.9 Å². The average Bonchev–Trinajstić information content (AvgIpc) is 2.54. The monoisotopic (exact) mass is 331 g/mol. The van der Waals surface area contributed by atoms with Gasteiger partial charge in [-0.15, -0.1) is 0 Å². The first kappa shape index (κ1) is 15.6. The SMILES string of the molecule is COc1cccc2c1N(S(=O)(=O)c1cccc(C)c1)CCC2=O. The van der Waals surface area contributed by atoms with Crippen LogP contribution in [0.25, 0.3) is 0 Å². The summed E-state index contributed by atoms with van der Waals surface area (Å²) in [6, 6.07) is 11.7. The number of carbonyl (C=O) groups excluding carboxylic acids is 1. The van der Waals surface area contributed by atoms with E-state index in [1.165, 1.54) is 11.4 Å². The number of hydrogen-bond acceptors (Lipinski definition) is 4. The molecule has 0 amide bonds. The van der Waals surface area contributed by atoms with Crippen molar-refractivity contribution in [3.8, 4) is 5.75 Å². The summed E-state index contributed by atoms with van der Waals surface area (Å²) in [4.78, 5) is 12.4. The highest BCUT2D eigenvalue weighted by atomic mass is 32.2. The molecule has 1 heterocycles. The number of methoxy groups -OCH3 is 1. The van der Waals surface area contributed by atoms with Crippen LogP contribution in [0.15, 0.2) is 47.4 Å². The standard InChI is InChI=1S/C17H17NO4S/c1-12-5-3-6-13(11-12)23(20,21)18-10-9-15(19)14-7-4-8-16(22-2)17(14)18/h3-8,11H,9-10H2,1-2H3. The second kappa shape index (κ2) is 5.70. The number of benzene rings is 2. The Labute approximate surface area is 135 Å². The molecule has 3 rings (SSSR count). The van der Waals surface area contributed by atoms with Crippen molar-refractivity contribution in [1.82, 2.24) is 0 Å². The topological polar surface area (TPSA) is 63.7 Å². The van der Waals surface area contributed by atoms with E-state index in [2.05, 4.69) is 0 Å². The average molecular weight is 331 g/mol. The second-order valence-electron chi connectivity index (χ2n) is 5.42. The van der Waals surface area contributed by atoms with Crippen LogP contribution in [0.4, 0.5) is 5.69 Å². The van der Waals surface area contributed by atoms with Crippen LogP contribution >= 0.6 is 0 Å². The summed E-state index contributed by atoms with van der Waals surface area (Å²) < 4.78 is 32.6. The zero-order valence-electron chi connectivity index (χ0n) is 12.9. The number of sulfonamides is 1. The van der Waals surface area contributed by atoms with Crippen LogP contribution in [0.5, 0.6) is 5.75 Å². The molecule has 0 atom stereocenters. The lowest BCUT2D eigenvalue weighted by Gasteiger charge is -2.31. The Morgan fingerprint density at radius 3 is 2.57 bits per heavy atom. The largest absolute Gasteiger partial charge is 0.495 e. The number of ketones is 1. The van der Waals surface area contributed by atoms with E-state index in [4.69, 9.17) is 4.74 Å². The van der Waals surface area contributed by atoms with Gasteiger partial charge in [0.25, 0.3) is 10.0 Å². The molecule has 2 aromatic rings. The Kier molecular flexibility index (Phi) is 3.85. The molecule has 5 nitrogen and oxygen atoms in total. The van der Waals surface area contributed by atoms with Gasteiger partial charge >= 0.3 is 0 Å². The molecule has 0 saturated heterocycles. The molecule has 0 aromatic heterocycles. The molecule has 0 saturated carbocycles. The van der Waals surface area contributed by atoms with Crippen LogP contribution < -0.4 is 9.04 Å². The van der Waals surface area contributed by atoms with E-state index in [9.17, 15) is 13.2 Å². The highest BCUT2D eigenvalue weighted by Crippen LogP contribution is 2.39. The predicted octanol–water partition coefficient (Wildman–Crippen LogP) is 2.79. The molecule has 0 fully saturated rings. The van der Waals surface area contributed by atoms with Gasteiger partial charge in [-0.3, -0.25) is 9.10 Å². The summed E-state index contributed by atoms with van der Waals surface area (Å²) in [5.41, 5.74) is 1.57. The summed E-state index contributed by atoms with van der Waals surface area (Å²) in [6.45, 7) is 1.95. The van der Waals surface area contributed by atoms with Gasteiger partial charge < -0.3 is 4.74 Å². The third-order valence-corrected chi connectivity index (χ3v) is 5.68. The zero-order valence-corrected chi connectivity index (χ0v) is 13.8. The van der Waals surface area contributed by atoms with Crippen molar-refractivity contribution >= 4 is 21.5 Å². The normalized spacial score (nSPS) is 14.5. The fourth-order valence-corrected chi connectivity index (χ4v) is 4.36. The molecule has 0 radical (unpaired) electrons. The maximum absolute atomic E-state index is 13.0. The van der Waals surface area contributed by atoms with E-state index in [1.54, 1.807) is 36.4 Å². The number of rotatable bonds is 3. The minimum absolute atomic E-state index is 0.0745. The molecule has 1 aliphatic rings. The first-order valence-corrected chi connectivity index (χ1v) is 8.69. The highest BCUT2D eigenvalue weighted by molar-refractivity contribution is 7.92. The zero-order chi connectivity index (χ0) is 16.6. The van der Waals surface area contributed by atoms with E-state index >= 15 is 0 Å². The maximum atomic E-state index is 13.0. The molecule has 120 valence electrons. The van der Waals surface area contributed by atoms with Gasteiger partial charge in [0.1, 0.15) is 11.4 Å². The first-order valence-electron chi connectivity index (χ1n) is 7.25. The maximum Gasteiger partial charge on any atom is 0.264 e. The van der Waals surface area contributed by atoms with Gasteiger partial charge in [0.15, 0.2) is 5.78 Å². The summed E-state index contributed by atoms with van der Waals surface area (Å²) in [6.07, 6.45) is 0.158. The Morgan fingerprint density at radius 1 is 1.13 bits per heavy atom. The summed E-state index contributed by atoms with van der Waals surface area (Å²) in [5, 5.41) is 0. The van der Waals surface area contributed by atoms with Gasteiger partial charge in [0.2, 0.25) is 0 Å². The molecule has 0 bridgehead atoms. The van der Waals surface area contributed by atoms with Gasteiger partial charge in [0, 0.05) is 18.5 Å². The number of carbonyl (C=O) groups is 1. The van der Waals surface area contributed by atoms with E-state index in [0.717, 1.165) is 5.56 Å². The lowest BCUT2D eigenvalue weighted by atomic mass is 10.0. The number of nitrogens with zero attached hydrogens (tertiary/aromatic N) is 1. The van der Waals surface area contributed by atoms with Crippen LogP contribution in [0.2, 0.25) is 0 Å². The van der Waals surface area contributed by atoms with Gasteiger partial charge in [-0.1, -0.05) is 18.2 Å². The third-order valence-electron chi connectivity index (χ3n) is 3.89. The van der Waals surface area contributed by atoms with Crippen LogP contribution in [-0.4, -0.2) is 27.9 Å². The number of para-hydroxylation sites is 1. The quantitative estimate of drug-likeness (QED) is 0.867. The van der Waals surface area contributed by atoms with Crippen molar-refractivity contribution in [3.05, 3.63) is 53.6 Å². The van der Waals surface area contributed by atoms with Crippen molar-refractivity contribution in [2.75, 3.05) is 18.0 Å². The Balaban J connectivity index is 2.19. The smallest absolute Gasteiger partial charge is 0.264 e. The summed E-state index contributed by atoms with van der Waals surface area (Å²) in [7, 11) is -2.29. The summed E-state index contributed by atoms with van der Waals surface area (Å²) in [5.74, 6) is 0.307. The van der Waals surface area contributed by atoms with Gasteiger partial charge in [0.05, 0.1) is 12.0 Å². The lowest BCUT2D eigenvalue weighted by Crippen LogP contribution is -2.37. The fourth-order valence-electron chi connectivity index (χ4n) is 2.76. The number of ether oxygens (including phenoxy) is 1. The van der Waals surface area contributed by atoms with Crippen LogP contribution in [0.1, 0.15) is 22.3 Å². The van der Waals surface area contributed by atoms with Gasteiger partial charge in [-0.05, 0) is 36.8 Å². The van der Waals surface area contributed by atoms with E-state index in [-0.39, 0.29) is 23.6 Å². The number of fused-ring (bicyclic) bond motifs is 1. The third kappa shape index (κ3) is 2.59. The lowest BCUT2D eigenvalue weighted by molar-refractivity contribution is 0.0981. The Bertz CT molecular complexity index is 874. The second-order valence-corrected chi connectivity index (χ2v) is 7.29. The van der Waals surface area contributed by atoms with Gasteiger partial charge in [-0.2, -0.15) is 0 Å². The van der Waals surface area contributed by atoms with Crippen LogP contribution in [-0.2, 0) is 10.0 Å². The van der Waals surface area contributed by atoms with E-state index in [0.29, 0.717) is 17.0 Å². The number of hydrogen-bond donors (Lipinski definition) is 0. The Hall–Kier alpha value is -2.34. The molecule has 1 aliphatic heterocycles. The molecule has 0 N–H and O–H groups in total. The molecule has 0 spiro atoms. The predicted molar refractivity (Wildman–Crippen MR) is 87.7 cm³/mol. The van der Waals surface area contributed by atoms with Crippen molar-refractivity contribution in [2.24, 2.45) is 0 Å². The summed E-state index contributed by atoms with van der Waals surface area (Å²) >= 11 is 0. The molecular weight excluding hydrogens is 314 g/mol. The molecule has 2 aromatic carbocycles. The number of aryl methyl sites for hydroxylation is 1. The van der Waals surface area contributed by atoms with Crippen molar-refractivity contribution in [1.29, 1.82) is 0 Å². The number of anilines is 1. The van der Waals surface area contributed by atoms with E-state index in [1.807, 2.05) is 13.0 Å². The fraction of sp³-hybridized carbons (Fsp3) is 0.235. The van der Waals surface area contributed by atoms with Crippen LogP contribution in [0, 0.1) is 6.92 Å². The molecule has 23 heavy (non-hydrogen) atoms. The molecule has 0 unspecified atom stereocenters. The van der Waals surface area contributed by atoms with Gasteiger partial charge in [-0.25, -0.2) is 8.42 Å². The highest BCUT2D eigenvalue weighted by Gasteiger charge is 2.34. The first-order chi connectivity index (χ1) is 10.9. The molecular formula is C17H17NO4S. The number of Topliss-reactive ketones (excluding diaryl/α,β-unsaturated/α-hetero) is 1. The minimum Gasteiger partial charge on any atom is -0.495 e. The van der Waals surface area contributed by atoms with E-state index < -0.39 is 10.0 Å². The van der Waals surface area contributed by atoms with Crippen LogP contribution in [0.3, 0.4) is 0 Å².